The molecule has 0 aliphatic rings. The highest BCUT2D eigenvalue weighted by Crippen LogP contribution is 2.22. The predicted molar refractivity (Wildman–Crippen MR) is 83.0 cm³/mol. The fourth-order valence-electron chi connectivity index (χ4n) is 1.97. The van der Waals surface area contributed by atoms with E-state index >= 15 is 0 Å². The number of aryl methyl sites for hydroxylation is 2. The van der Waals surface area contributed by atoms with Crippen LogP contribution in [0.15, 0.2) is 45.9 Å². The molecule has 0 aliphatic heterocycles. The molecule has 20 heavy (non-hydrogen) atoms. The third kappa shape index (κ3) is 2.29. The first-order valence-corrected chi connectivity index (χ1v) is 7.96. The zero-order valence-corrected chi connectivity index (χ0v) is 13.4. The van der Waals surface area contributed by atoms with Crippen molar-refractivity contribution in [3.63, 3.8) is 0 Å². The van der Waals surface area contributed by atoms with Crippen molar-refractivity contribution < 1.29 is 4.21 Å². The molecule has 0 saturated heterocycles. The molecule has 0 N–H and O–H groups in total. The van der Waals surface area contributed by atoms with E-state index in [0.717, 1.165) is 31.7 Å². The van der Waals surface area contributed by atoms with E-state index in [2.05, 4.69) is 26.0 Å². The topological polar surface area (TPSA) is 47.8 Å². The molecule has 3 rings (SSSR count). The van der Waals surface area contributed by atoms with Gasteiger partial charge in [-0.3, -0.25) is 4.98 Å². The van der Waals surface area contributed by atoms with Gasteiger partial charge in [-0.15, -0.1) is 0 Å². The Morgan fingerprint density at radius 2 is 1.90 bits per heavy atom. The molecule has 6 heteroatoms. The van der Waals surface area contributed by atoms with Crippen molar-refractivity contribution in [1.29, 1.82) is 0 Å². The van der Waals surface area contributed by atoms with Gasteiger partial charge < -0.3 is 0 Å². The van der Waals surface area contributed by atoms with Gasteiger partial charge in [0.15, 0.2) is 11.0 Å². The predicted octanol–water partition coefficient (Wildman–Crippen LogP) is 3.38. The molecule has 0 amide bonds. The molecule has 0 radical (unpaired) electrons. The molecular weight excluding hydrogens is 338 g/mol. The number of hydrogen-bond acceptors (Lipinski definition) is 3. The smallest absolute Gasteiger partial charge is 0.173 e. The average molecular weight is 350 g/mol. The lowest BCUT2D eigenvalue weighted by atomic mass is 10.2. The van der Waals surface area contributed by atoms with Crippen LogP contribution in [-0.4, -0.2) is 18.4 Å². The van der Waals surface area contributed by atoms with Gasteiger partial charge in [0.1, 0.15) is 11.0 Å². The van der Waals surface area contributed by atoms with Gasteiger partial charge in [0, 0.05) is 10.7 Å². The quantitative estimate of drug-likeness (QED) is 0.712. The Morgan fingerprint density at radius 1 is 1.20 bits per heavy atom. The van der Waals surface area contributed by atoms with Gasteiger partial charge >= 0.3 is 0 Å². The highest BCUT2D eigenvalue weighted by Gasteiger charge is 2.15. The summed E-state index contributed by atoms with van der Waals surface area (Å²) in [4.78, 5) is 5.05. The number of hydrogen-bond donors (Lipinski definition) is 0. The molecule has 0 bridgehead atoms. The third-order valence-corrected chi connectivity index (χ3v) is 4.71. The van der Waals surface area contributed by atoms with Crippen LogP contribution in [0, 0.1) is 13.8 Å². The number of benzene rings is 1. The van der Waals surface area contributed by atoms with Gasteiger partial charge in [-0.2, -0.15) is 9.19 Å². The summed E-state index contributed by atoms with van der Waals surface area (Å²) >= 11 is 3.39. The standard InChI is InChI=1S/C14H12BrN3OS/c1-9-3-5-12(6-4-9)20(19)18-13-7-11(15)8-16-14(13)10(2)17-18/h3-8H,1-2H3. The van der Waals surface area contributed by atoms with E-state index in [0.29, 0.717) is 0 Å². The van der Waals surface area contributed by atoms with Gasteiger partial charge in [-0.25, -0.2) is 4.21 Å². The molecule has 1 atom stereocenters. The molecule has 0 fully saturated rings. The second kappa shape index (κ2) is 5.10. The van der Waals surface area contributed by atoms with Crippen molar-refractivity contribution in [2.24, 2.45) is 0 Å². The van der Waals surface area contributed by atoms with E-state index in [1.165, 1.54) is 4.09 Å². The Labute approximate surface area is 127 Å². The Balaban J connectivity index is 2.16. The molecule has 0 saturated carbocycles. The van der Waals surface area contributed by atoms with E-state index in [1.807, 2.05) is 44.2 Å². The van der Waals surface area contributed by atoms with Crippen LogP contribution in [0.3, 0.4) is 0 Å². The van der Waals surface area contributed by atoms with Gasteiger partial charge in [0.25, 0.3) is 0 Å². The van der Waals surface area contributed by atoms with Gasteiger partial charge in [0.05, 0.1) is 10.6 Å². The second-order valence-corrected chi connectivity index (χ2v) is 6.77. The Morgan fingerprint density at radius 3 is 2.60 bits per heavy atom. The molecule has 3 aromatic rings. The van der Waals surface area contributed by atoms with Crippen molar-refractivity contribution in [3.05, 3.63) is 52.3 Å². The molecule has 2 aromatic heterocycles. The van der Waals surface area contributed by atoms with Crippen LogP contribution in [0.4, 0.5) is 0 Å². The van der Waals surface area contributed by atoms with Crippen molar-refractivity contribution in [2.75, 3.05) is 0 Å². The summed E-state index contributed by atoms with van der Waals surface area (Å²) in [6.45, 7) is 3.87. The fraction of sp³-hybridized carbons (Fsp3) is 0.143. The summed E-state index contributed by atoms with van der Waals surface area (Å²) in [5.74, 6) is 0. The first-order chi connectivity index (χ1) is 9.56. The van der Waals surface area contributed by atoms with Crippen LogP contribution < -0.4 is 0 Å². The van der Waals surface area contributed by atoms with Gasteiger partial charge in [0.2, 0.25) is 0 Å². The number of halogens is 1. The number of aromatic nitrogens is 3. The van der Waals surface area contributed by atoms with Crippen LogP contribution in [0.5, 0.6) is 0 Å². The minimum atomic E-state index is -1.37. The van der Waals surface area contributed by atoms with Crippen LogP contribution >= 0.6 is 15.9 Å². The highest BCUT2D eigenvalue weighted by atomic mass is 79.9. The number of fused-ring (bicyclic) bond motifs is 1. The lowest BCUT2D eigenvalue weighted by Gasteiger charge is -2.04. The first-order valence-electron chi connectivity index (χ1n) is 6.06. The van der Waals surface area contributed by atoms with Crippen LogP contribution in [0.2, 0.25) is 0 Å². The van der Waals surface area contributed by atoms with E-state index in [1.54, 1.807) is 6.20 Å². The number of pyridine rings is 1. The zero-order valence-electron chi connectivity index (χ0n) is 11.0. The van der Waals surface area contributed by atoms with Crippen LogP contribution in [0.25, 0.3) is 11.0 Å². The summed E-state index contributed by atoms with van der Waals surface area (Å²) in [6, 6.07) is 9.49. The van der Waals surface area contributed by atoms with Gasteiger partial charge in [-0.05, 0) is 48.0 Å². The maximum absolute atomic E-state index is 12.7. The molecule has 0 spiro atoms. The van der Waals surface area contributed by atoms with E-state index in [4.69, 9.17) is 0 Å². The molecule has 1 unspecified atom stereocenters. The summed E-state index contributed by atoms with van der Waals surface area (Å²) < 4.78 is 15.0. The average Bonchev–Trinajstić information content (AvgIpc) is 2.75. The highest BCUT2D eigenvalue weighted by molar-refractivity contribution is 9.10. The maximum Gasteiger partial charge on any atom is 0.173 e. The van der Waals surface area contributed by atoms with E-state index in [9.17, 15) is 4.21 Å². The SMILES string of the molecule is Cc1ccc(S(=O)n2nc(C)c3ncc(Br)cc32)cc1. The zero-order chi connectivity index (χ0) is 14.3. The monoisotopic (exact) mass is 349 g/mol. The van der Waals surface area contributed by atoms with Crippen LogP contribution in [0.1, 0.15) is 11.3 Å². The van der Waals surface area contributed by atoms with E-state index < -0.39 is 11.0 Å². The Kier molecular flexibility index (Phi) is 3.43. The summed E-state index contributed by atoms with van der Waals surface area (Å²) in [6.07, 6.45) is 1.72. The lowest BCUT2D eigenvalue weighted by molar-refractivity contribution is 0.672. The van der Waals surface area contributed by atoms with Gasteiger partial charge in [-0.1, -0.05) is 17.7 Å². The molecule has 102 valence electrons. The minimum absolute atomic E-state index is 0.722. The summed E-state index contributed by atoms with van der Waals surface area (Å²) in [5, 5.41) is 4.36. The molecule has 2 heterocycles. The summed E-state index contributed by atoms with van der Waals surface area (Å²) in [5.41, 5.74) is 3.44. The molecule has 0 aliphatic carbocycles. The first kappa shape index (κ1) is 13.5. The largest absolute Gasteiger partial charge is 0.251 e. The van der Waals surface area contributed by atoms with Crippen LogP contribution in [-0.2, 0) is 11.0 Å². The van der Waals surface area contributed by atoms with E-state index in [-0.39, 0.29) is 0 Å². The number of rotatable bonds is 2. The second-order valence-electron chi connectivity index (χ2n) is 4.54. The minimum Gasteiger partial charge on any atom is -0.251 e. The molecule has 4 nitrogen and oxygen atoms in total. The fourth-order valence-corrected chi connectivity index (χ4v) is 3.37. The maximum atomic E-state index is 12.7. The van der Waals surface area contributed by atoms with Crippen molar-refractivity contribution in [3.8, 4) is 0 Å². The number of nitrogens with zero attached hydrogens (tertiary/aromatic N) is 3. The lowest BCUT2D eigenvalue weighted by Crippen LogP contribution is -2.06. The van der Waals surface area contributed by atoms with Crippen molar-refractivity contribution >= 4 is 37.9 Å². The molecular formula is C14H12BrN3OS. The van der Waals surface area contributed by atoms with Crippen molar-refractivity contribution in [2.45, 2.75) is 18.7 Å². The van der Waals surface area contributed by atoms with Crippen molar-refractivity contribution in [1.82, 2.24) is 14.2 Å². The normalized spacial score (nSPS) is 12.8. The molecule has 1 aromatic carbocycles. The Hall–Kier alpha value is -1.53. The third-order valence-electron chi connectivity index (χ3n) is 3.00. The Bertz CT molecular complexity index is 811. The summed E-state index contributed by atoms with van der Waals surface area (Å²) in [7, 11) is -1.37.